The van der Waals surface area contributed by atoms with E-state index in [1.807, 2.05) is 6.07 Å². The van der Waals surface area contributed by atoms with E-state index in [2.05, 4.69) is 20.2 Å². The molecule has 1 spiro atoms. The number of fused-ring (bicyclic) bond motifs is 4. The van der Waals surface area contributed by atoms with Crippen molar-refractivity contribution in [3.63, 3.8) is 0 Å². The number of ether oxygens (including phenoxy) is 4. The van der Waals surface area contributed by atoms with E-state index >= 15 is 4.39 Å². The van der Waals surface area contributed by atoms with Crippen LogP contribution in [0.2, 0.25) is 0 Å². The Morgan fingerprint density at radius 3 is 2.74 bits per heavy atom. The third-order valence-electron chi connectivity index (χ3n) is 6.94. The fourth-order valence-electron chi connectivity index (χ4n) is 5.05. The van der Waals surface area contributed by atoms with Crippen LogP contribution >= 0.6 is 0 Å². The molecule has 2 aromatic carbocycles. The van der Waals surface area contributed by atoms with Crippen molar-refractivity contribution in [1.82, 2.24) is 4.98 Å². The number of carbonyl (C=O) groups excluding carboxylic acids is 1. The van der Waals surface area contributed by atoms with Crippen molar-refractivity contribution in [2.75, 3.05) is 50.2 Å². The lowest BCUT2D eigenvalue weighted by Gasteiger charge is -2.42. The molecule has 11 heteroatoms. The summed E-state index contributed by atoms with van der Waals surface area (Å²) >= 11 is 0. The Balaban J connectivity index is 1.40. The molecule has 196 valence electrons. The van der Waals surface area contributed by atoms with Gasteiger partial charge in [-0.25, -0.2) is 14.4 Å². The van der Waals surface area contributed by atoms with E-state index in [1.165, 1.54) is 19.4 Å². The summed E-state index contributed by atoms with van der Waals surface area (Å²) in [7, 11) is 1.53. The zero-order valence-corrected chi connectivity index (χ0v) is 20.7. The highest BCUT2D eigenvalue weighted by Gasteiger charge is 2.48. The van der Waals surface area contributed by atoms with Gasteiger partial charge < -0.3 is 34.9 Å². The Morgan fingerprint density at radius 2 is 2.00 bits per heavy atom. The van der Waals surface area contributed by atoms with Crippen molar-refractivity contribution in [1.29, 1.82) is 0 Å². The third kappa shape index (κ3) is 4.14. The van der Waals surface area contributed by atoms with Crippen molar-refractivity contribution in [3.8, 4) is 17.2 Å². The maximum atomic E-state index is 15.5. The van der Waals surface area contributed by atoms with E-state index < -0.39 is 17.3 Å². The smallest absolute Gasteiger partial charge is 0.283 e. The minimum absolute atomic E-state index is 0.00380. The van der Waals surface area contributed by atoms with Crippen LogP contribution in [0.15, 0.2) is 53.7 Å². The van der Waals surface area contributed by atoms with Crippen LogP contribution in [0, 0.1) is 5.82 Å². The van der Waals surface area contributed by atoms with Crippen molar-refractivity contribution in [2.24, 2.45) is 10.7 Å². The number of morpholine rings is 1. The van der Waals surface area contributed by atoms with Gasteiger partial charge in [0, 0.05) is 54.6 Å². The molecule has 0 aliphatic carbocycles. The predicted octanol–water partition coefficient (Wildman–Crippen LogP) is 3.40. The number of aliphatic imine (C=N–C) groups is 1. The fourth-order valence-corrected chi connectivity index (χ4v) is 5.05. The minimum atomic E-state index is -1.16. The van der Waals surface area contributed by atoms with E-state index in [9.17, 15) is 4.79 Å². The topological polar surface area (TPSA) is 121 Å². The largest absolute Gasteiger partial charge is 0.495 e. The van der Waals surface area contributed by atoms with Gasteiger partial charge >= 0.3 is 0 Å². The molecule has 3 aromatic rings. The van der Waals surface area contributed by atoms with Gasteiger partial charge in [0.1, 0.15) is 17.2 Å². The normalized spacial score (nSPS) is 19.9. The average molecular weight is 520 g/mol. The van der Waals surface area contributed by atoms with Gasteiger partial charge in [-0.3, -0.25) is 4.79 Å². The SMILES string of the molecule is COc1ccc(C(=O)Nc2ccc3c(c2)[C@@]2(CCN=C(N)O2)c2cc(N4CCOCC4)cc(F)c2O3)nc1. The lowest BCUT2D eigenvalue weighted by molar-refractivity contribution is 0.0627. The van der Waals surface area contributed by atoms with Crippen molar-refractivity contribution in [2.45, 2.75) is 12.0 Å². The fraction of sp³-hybridized carbons (Fsp3) is 0.296. The number of nitrogens with two attached hydrogens (primary N) is 1. The first-order valence-electron chi connectivity index (χ1n) is 12.3. The van der Waals surface area contributed by atoms with E-state index in [0.29, 0.717) is 73.3 Å². The van der Waals surface area contributed by atoms with Crippen LogP contribution in [-0.4, -0.2) is 56.9 Å². The minimum Gasteiger partial charge on any atom is -0.495 e. The number of nitrogens with zero attached hydrogens (tertiary/aromatic N) is 3. The van der Waals surface area contributed by atoms with E-state index in [-0.39, 0.29) is 17.5 Å². The molecular formula is C27H26FN5O5. The molecule has 38 heavy (non-hydrogen) atoms. The Hall–Kier alpha value is -4.38. The molecule has 0 saturated carbocycles. The van der Waals surface area contributed by atoms with E-state index in [0.717, 1.165) is 0 Å². The molecular weight excluding hydrogens is 493 g/mol. The molecule has 4 heterocycles. The molecule has 3 aliphatic rings. The van der Waals surface area contributed by atoms with Crippen LogP contribution in [0.4, 0.5) is 15.8 Å². The Kier molecular flexibility index (Phi) is 5.99. The number of amides is 1. The Labute approximate surface area is 218 Å². The van der Waals surface area contributed by atoms with E-state index in [4.69, 9.17) is 24.7 Å². The van der Waals surface area contributed by atoms with E-state index in [1.54, 1.807) is 30.3 Å². The average Bonchev–Trinajstić information content (AvgIpc) is 2.94. The first-order valence-corrected chi connectivity index (χ1v) is 12.3. The Bertz CT molecular complexity index is 1420. The molecule has 0 unspecified atom stereocenters. The maximum Gasteiger partial charge on any atom is 0.283 e. The Morgan fingerprint density at radius 1 is 1.16 bits per heavy atom. The summed E-state index contributed by atoms with van der Waals surface area (Å²) in [6, 6.07) is 11.7. The standard InChI is InChI=1S/C27H26FN5O5/c1-35-18-3-4-22(31-15-18)25(34)32-16-2-5-23-19(12-16)27(6-7-30-26(29)38-27)20-13-17(14-21(28)24(20)37-23)33-8-10-36-11-9-33/h2-5,12-15H,6-11H2,1H3,(H2,29,30)(H,32,34)/t27-/m0/s1. The number of halogens is 1. The zero-order valence-electron chi connectivity index (χ0n) is 20.7. The number of methoxy groups -OCH3 is 1. The second-order valence-corrected chi connectivity index (χ2v) is 9.15. The van der Waals surface area contributed by atoms with Crippen LogP contribution in [0.1, 0.15) is 28.0 Å². The van der Waals surface area contributed by atoms with Crippen molar-refractivity contribution < 1.29 is 28.1 Å². The van der Waals surface area contributed by atoms with Crippen molar-refractivity contribution in [3.05, 3.63) is 71.3 Å². The quantitative estimate of drug-likeness (QED) is 0.538. The van der Waals surface area contributed by atoms with Crippen molar-refractivity contribution >= 4 is 23.3 Å². The van der Waals surface area contributed by atoms with Gasteiger partial charge in [-0.2, -0.15) is 0 Å². The van der Waals surface area contributed by atoms with Gasteiger partial charge in [-0.15, -0.1) is 0 Å². The number of aromatic nitrogens is 1. The van der Waals surface area contributed by atoms with Gasteiger partial charge in [-0.1, -0.05) is 0 Å². The monoisotopic (exact) mass is 519 g/mol. The highest BCUT2D eigenvalue weighted by molar-refractivity contribution is 6.03. The summed E-state index contributed by atoms with van der Waals surface area (Å²) in [6.07, 6.45) is 1.88. The van der Waals surface area contributed by atoms with Gasteiger partial charge in [-0.05, 0) is 36.4 Å². The highest BCUT2D eigenvalue weighted by Crippen LogP contribution is 2.54. The summed E-state index contributed by atoms with van der Waals surface area (Å²) in [4.78, 5) is 23.3. The van der Waals surface area contributed by atoms with Crippen LogP contribution in [-0.2, 0) is 15.1 Å². The second kappa shape index (κ2) is 9.49. The second-order valence-electron chi connectivity index (χ2n) is 9.15. The summed E-state index contributed by atoms with van der Waals surface area (Å²) in [6.45, 7) is 2.78. The molecule has 3 N–H and O–H groups in total. The van der Waals surface area contributed by atoms with Crippen LogP contribution in [0.25, 0.3) is 0 Å². The van der Waals surface area contributed by atoms with Crippen LogP contribution in [0.3, 0.4) is 0 Å². The summed E-state index contributed by atoms with van der Waals surface area (Å²) in [5, 5.41) is 2.87. The molecule has 10 nitrogen and oxygen atoms in total. The lowest BCUT2D eigenvalue weighted by Crippen LogP contribution is -2.43. The van der Waals surface area contributed by atoms with Crippen LogP contribution < -0.4 is 25.4 Å². The molecule has 1 aromatic heterocycles. The molecule has 1 saturated heterocycles. The molecule has 3 aliphatic heterocycles. The number of pyridine rings is 1. The van der Waals surface area contributed by atoms with Gasteiger partial charge in [0.25, 0.3) is 11.9 Å². The number of benzene rings is 2. The maximum absolute atomic E-state index is 15.5. The first-order chi connectivity index (χ1) is 18.5. The van der Waals surface area contributed by atoms with Gasteiger partial charge in [0.2, 0.25) is 0 Å². The van der Waals surface area contributed by atoms with Crippen LogP contribution in [0.5, 0.6) is 17.2 Å². The number of carbonyl (C=O) groups is 1. The molecule has 1 atom stereocenters. The lowest BCUT2D eigenvalue weighted by atomic mass is 9.79. The summed E-state index contributed by atoms with van der Waals surface area (Å²) < 4.78 is 38.4. The molecule has 0 radical (unpaired) electrons. The first kappa shape index (κ1) is 24.0. The zero-order chi connectivity index (χ0) is 26.3. The summed E-state index contributed by atoms with van der Waals surface area (Å²) in [5.74, 6) is 0.145. The molecule has 1 fully saturated rings. The molecule has 0 bridgehead atoms. The third-order valence-corrected chi connectivity index (χ3v) is 6.94. The molecule has 1 amide bonds. The molecule has 6 rings (SSSR count). The highest BCUT2D eigenvalue weighted by atomic mass is 19.1. The van der Waals surface area contributed by atoms with Gasteiger partial charge in [0.15, 0.2) is 17.2 Å². The van der Waals surface area contributed by atoms with Gasteiger partial charge in [0.05, 0.1) is 26.5 Å². The number of rotatable bonds is 4. The summed E-state index contributed by atoms with van der Waals surface area (Å²) in [5.41, 5.74) is 7.47. The predicted molar refractivity (Wildman–Crippen MR) is 138 cm³/mol. The number of hydrogen-bond acceptors (Lipinski definition) is 9. The number of hydrogen-bond donors (Lipinski definition) is 2. The number of nitrogens with one attached hydrogen (secondary N) is 1. The number of amidine groups is 1. The number of anilines is 2.